The van der Waals surface area contributed by atoms with Crippen molar-refractivity contribution in [3.63, 3.8) is 0 Å². The van der Waals surface area contributed by atoms with Crippen LogP contribution >= 0.6 is 15.9 Å². The van der Waals surface area contributed by atoms with Crippen LogP contribution in [0.1, 0.15) is 19.8 Å². The fourth-order valence-corrected chi connectivity index (χ4v) is 1.70. The van der Waals surface area contributed by atoms with Crippen LogP contribution in [0.3, 0.4) is 0 Å². The van der Waals surface area contributed by atoms with Gasteiger partial charge in [-0.1, -0.05) is 6.92 Å². The van der Waals surface area contributed by atoms with Gasteiger partial charge in [-0.25, -0.2) is 4.39 Å². The molecule has 5 heteroatoms. The van der Waals surface area contributed by atoms with Gasteiger partial charge in [0.25, 0.3) is 0 Å². The van der Waals surface area contributed by atoms with Crippen LogP contribution in [0, 0.1) is 5.82 Å². The Kier molecular flexibility index (Phi) is 6.29. The minimum atomic E-state index is -0.348. The summed E-state index contributed by atoms with van der Waals surface area (Å²) in [5.41, 5.74) is 6.86. The maximum absolute atomic E-state index is 13.1. The highest BCUT2D eigenvalue weighted by molar-refractivity contribution is 9.10. The number of hydrogen-bond acceptors (Lipinski definition) is 3. The molecule has 0 aliphatic carbocycles. The summed E-state index contributed by atoms with van der Waals surface area (Å²) in [4.78, 5) is 0. The third-order valence-electron chi connectivity index (χ3n) is 2.22. The van der Waals surface area contributed by atoms with Gasteiger partial charge in [0, 0.05) is 25.8 Å². The van der Waals surface area contributed by atoms with Gasteiger partial charge in [0.15, 0.2) is 0 Å². The van der Waals surface area contributed by atoms with Crippen molar-refractivity contribution in [3.8, 4) is 0 Å². The summed E-state index contributed by atoms with van der Waals surface area (Å²) in [6.45, 7) is 4.36. The van der Waals surface area contributed by atoms with E-state index in [0.717, 1.165) is 38.3 Å². The Morgan fingerprint density at radius 3 is 2.88 bits per heavy atom. The van der Waals surface area contributed by atoms with Crippen molar-refractivity contribution < 1.29 is 9.13 Å². The van der Waals surface area contributed by atoms with E-state index in [4.69, 9.17) is 10.5 Å². The second kappa shape index (κ2) is 7.50. The SMILES string of the molecule is CCCOCCCNc1cc(Br)c(F)cc1N. The second-order valence-corrected chi connectivity index (χ2v) is 4.60. The number of nitrogen functional groups attached to an aromatic ring is 1. The minimum Gasteiger partial charge on any atom is -0.397 e. The molecule has 0 bridgehead atoms. The molecule has 0 unspecified atom stereocenters. The molecule has 0 spiro atoms. The predicted molar refractivity (Wildman–Crippen MR) is 72.7 cm³/mol. The lowest BCUT2D eigenvalue weighted by molar-refractivity contribution is 0.134. The molecule has 1 rings (SSSR count). The highest BCUT2D eigenvalue weighted by atomic mass is 79.9. The van der Waals surface area contributed by atoms with Crippen LogP contribution in [0.15, 0.2) is 16.6 Å². The molecule has 3 N–H and O–H groups in total. The molecule has 0 saturated carbocycles. The molecule has 0 heterocycles. The van der Waals surface area contributed by atoms with Crippen LogP contribution in [-0.2, 0) is 4.74 Å². The highest BCUT2D eigenvalue weighted by Gasteiger charge is 2.05. The summed E-state index contributed by atoms with van der Waals surface area (Å²) in [7, 11) is 0. The largest absolute Gasteiger partial charge is 0.397 e. The molecule has 3 nitrogen and oxygen atoms in total. The lowest BCUT2D eigenvalue weighted by Gasteiger charge is -2.10. The van der Waals surface area contributed by atoms with E-state index in [1.165, 1.54) is 6.07 Å². The average molecular weight is 305 g/mol. The number of anilines is 2. The molecule has 1 aromatic rings. The van der Waals surface area contributed by atoms with Gasteiger partial charge in [-0.3, -0.25) is 0 Å². The first kappa shape index (κ1) is 14.3. The predicted octanol–water partition coefficient (Wildman–Crippen LogP) is 3.40. The molecule has 0 amide bonds. The van der Waals surface area contributed by atoms with Gasteiger partial charge in [0.05, 0.1) is 15.8 Å². The van der Waals surface area contributed by atoms with Crippen molar-refractivity contribution in [1.29, 1.82) is 0 Å². The highest BCUT2D eigenvalue weighted by Crippen LogP contribution is 2.26. The molecule has 0 aliphatic heterocycles. The molecule has 1 aromatic carbocycles. The maximum atomic E-state index is 13.1. The normalized spacial score (nSPS) is 10.5. The summed E-state index contributed by atoms with van der Waals surface area (Å²) < 4.78 is 18.9. The van der Waals surface area contributed by atoms with Crippen LogP contribution in [0.2, 0.25) is 0 Å². The standard InChI is InChI=1S/C12H18BrFN2O/c1-2-5-17-6-3-4-16-12-7-9(13)10(14)8-11(12)15/h7-8,16H,2-6,15H2,1H3. The van der Waals surface area contributed by atoms with Gasteiger partial charge in [-0.2, -0.15) is 0 Å². The lowest BCUT2D eigenvalue weighted by Crippen LogP contribution is -2.08. The Balaban J connectivity index is 2.34. The van der Waals surface area contributed by atoms with Gasteiger partial charge in [-0.15, -0.1) is 0 Å². The van der Waals surface area contributed by atoms with Crippen molar-refractivity contribution in [3.05, 3.63) is 22.4 Å². The van der Waals surface area contributed by atoms with Crippen molar-refractivity contribution >= 4 is 27.3 Å². The molecular weight excluding hydrogens is 287 g/mol. The summed E-state index contributed by atoms with van der Waals surface area (Å²) in [6.07, 6.45) is 1.93. The van der Waals surface area contributed by atoms with Crippen LogP contribution in [0.5, 0.6) is 0 Å². The van der Waals surface area contributed by atoms with E-state index in [-0.39, 0.29) is 5.82 Å². The molecule has 0 aromatic heterocycles. The Bertz CT molecular complexity index is 361. The third kappa shape index (κ3) is 4.91. The van der Waals surface area contributed by atoms with E-state index in [0.29, 0.717) is 10.2 Å². The zero-order chi connectivity index (χ0) is 12.7. The van der Waals surface area contributed by atoms with E-state index in [9.17, 15) is 4.39 Å². The van der Waals surface area contributed by atoms with E-state index in [2.05, 4.69) is 28.2 Å². The molecule has 0 saturated heterocycles. The molecule has 0 fully saturated rings. The number of benzene rings is 1. The Morgan fingerprint density at radius 2 is 2.18 bits per heavy atom. The summed E-state index contributed by atoms with van der Waals surface area (Å²) >= 11 is 3.13. The summed E-state index contributed by atoms with van der Waals surface area (Å²) in [5, 5.41) is 3.16. The van der Waals surface area contributed by atoms with Gasteiger partial charge < -0.3 is 15.8 Å². The van der Waals surface area contributed by atoms with Gasteiger partial charge in [0.2, 0.25) is 0 Å². The third-order valence-corrected chi connectivity index (χ3v) is 2.83. The fraction of sp³-hybridized carbons (Fsp3) is 0.500. The van der Waals surface area contributed by atoms with Crippen molar-refractivity contribution in [2.24, 2.45) is 0 Å². The zero-order valence-corrected chi connectivity index (χ0v) is 11.5. The van der Waals surface area contributed by atoms with Crippen molar-refractivity contribution in [1.82, 2.24) is 0 Å². The number of hydrogen-bond donors (Lipinski definition) is 2. The molecular formula is C12H18BrFN2O. The quantitative estimate of drug-likeness (QED) is 0.599. The first-order chi connectivity index (χ1) is 8.15. The van der Waals surface area contributed by atoms with E-state index < -0.39 is 0 Å². The number of ether oxygens (including phenoxy) is 1. The number of halogens is 2. The minimum absolute atomic E-state index is 0.348. The van der Waals surface area contributed by atoms with Crippen molar-refractivity contribution in [2.75, 3.05) is 30.8 Å². The van der Waals surface area contributed by atoms with Gasteiger partial charge >= 0.3 is 0 Å². The molecule has 0 atom stereocenters. The van der Waals surface area contributed by atoms with Crippen LogP contribution in [-0.4, -0.2) is 19.8 Å². The number of nitrogens with two attached hydrogens (primary N) is 1. The molecule has 17 heavy (non-hydrogen) atoms. The molecule has 0 aliphatic rings. The Morgan fingerprint density at radius 1 is 1.41 bits per heavy atom. The zero-order valence-electron chi connectivity index (χ0n) is 9.93. The Labute approximate surface area is 110 Å². The summed E-state index contributed by atoms with van der Waals surface area (Å²) in [6, 6.07) is 2.96. The lowest BCUT2D eigenvalue weighted by atomic mass is 10.2. The van der Waals surface area contributed by atoms with Gasteiger partial charge in [-0.05, 0) is 34.8 Å². The smallest absolute Gasteiger partial charge is 0.139 e. The first-order valence-corrected chi connectivity index (χ1v) is 6.50. The van der Waals surface area contributed by atoms with Gasteiger partial charge in [0.1, 0.15) is 5.82 Å². The molecule has 0 radical (unpaired) electrons. The van der Waals surface area contributed by atoms with E-state index >= 15 is 0 Å². The first-order valence-electron chi connectivity index (χ1n) is 5.71. The second-order valence-electron chi connectivity index (χ2n) is 3.75. The maximum Gasteiger partial charge on any atom is 0.139 e. The Hall–Kier alpha value is -0.810. The molecule has 96 valence electrons. The summed E-state index contributed by atoms with van der Waals surface area (Å²) in [5.74, 6) is -0.348. The van der Waals surface area contributed by atoms with Crippen molar-refractivity contribution in [2.45, 2.75) is 19.8 Å². The topological polar surface area (TPSA) is 47.3 Å². The van der Waals surface area contributed by atoms with E-state index in [1.807, 2.05) is 0 Å². The van der Waals surface area contributed by atoms with Crippen LogP contribution in [0.4, 0.5) is 15.8 Å². The number of rotatable bonds is 7. The average Bonchev–Trinajstić information content (AvgIpc) is 2.30. The van der Waals surface area contributed by atoms with Crippen LogP contribution < -0.4 is 11.1 Å². The fourth-order valence-electron chi connectivity index (χ4n) is 1.36. The number of nitrogens with one attached hydrogen (secondary N) is 1. The monoisotopic (exact) mass is 304 g/mol. The van der Waals surface area contributed by atoms with E-state index in [1.54, 1.807) is 6.07 Å². The van der Waals surface area contributed by atoms with Crippen LogP contribution in [0.25, 0.3) is 0 Å².